The van der Waals surface area contributed by atoms with E-state index in [-0.39, 0.29) is 0 Å². The second kappa shape index (κ2) is 4.86. The monoisotopic (exact) mass is 266 g/mol. The quantitative estimate of drug-likeness (QED) is 0.778. The largest absolute Gasteiger partial charge is 0.397 e. The zero-order valence-corrected chi connectivity index (χ0v) is 10.8. The topological polar surface area (TPSA) is 38.0 Å². The van der Waals surface area contributed by atoms with E-state index >= 15 is 0 Å². The minimum atomic E-state index is 0.630. The first-order valence-corrected chi connectivity index (χ1v) is 5.90. The zero-order valence-electron chi connectivity index (χ0n) is 9.30. The van der Waals surface area contributed by atoms with Crippen LogP contribution in [0.3, 0.4) is 0 Å². The predicted octanol–water partition coefficient (Wildman–Crippen LogP) is 4.63. The lowest BCUT2D eigenvalue weighted by Gasteiger charge is -2.11. The summed E-state index contributed by atoms with van der Waals surface area (Å²) in [5, 5.41) is 4.45. The summed E-state index contributed by atoms with van der Waals surface area (Å²) in [6.45, 7) is 1.99. The molecule has 88 valence electrons. The summed E-state index contributed by atoms with van der Waals surface area (Å²) in [7, 11) is 0. The third-order valence-electron chi connectivity index (χ3n) is 2.41. The van der Waals surface area contributed by atoms with E-state index in [2.05, 4.69) is 5.32 Å². The fraction of sp³-hybridized carbons (Fsp3) is 0.0769. The van der Waals surface area contributed by atoms with Crippen LogP contribution < -0.4 is 11.1 Å². The molecule has 2 aromatic carbocycles. The van der Waals surface area contributed by atoms with Crippen molar-refractivity contribution < 1.29 is 0 Å². The van der Waals surface area contributed by atoms with Crippen molar-refractivity contribution in [2.45, 2.75) is 6.92 Å². The van der Waals surface area contributed by atoms with E-state index in [0.29, 0.717) is 15.7 Å². The first-order valence-electron chi connectivity index (χ1n) is 5.14. The number of hydrogen-bond donors (Lipinski definition) is 2. The Kier molecular flexibility index (Phi) is 3.46. The van der Waals surface area contributed by atoms with Gasteiger partial charge in [-0.3, -0.25) is 0 Å². The van der Waals surface area contributed by atoms with Crippen LogP contribution in [-0.2, 0) is 0 Å². The maximum atomic E-state index is 6.14. The molecule has 0 unspecified atom stereocenters. The molecular formula is C13H12Cl2N2. The number of hydrogen-bond acceptors (Lipinski definition) is 2. The average Bonchev–Trinajstić information content (AvgIpc) is 2.27. The molecule has 0 saturated carbocycles. The lowest BCUT2D eigenvalue weighted by molar-refractivity contribution is 1.45. The molecule has 0 aliphatic rings. The van der Waals surface area contributed by atoms with Gasteiger partial charge >= 0.3 is 0 Å². The summed E-state index contributed by atoms with van der Waals surface area (Å²) in [6.07, 6.45) is 0. The van der Waals surface area contributed by atoms with Crippen LogP contribution in [-0.4, -0.2) is 0 Å². The Morgan fingerprint density at radius 2 is 1.76 bits per heavy atom. The van der Waals surface area contributed by atoms with Crippen molar-refractivity contribution in [2.75, 3.05) is 11.1 Å². The second-order valence-electron chi connectivity index (χ2n) is 3.84. The van der Waals surface area contributed by atoms with E-state index in [4.69, 9.17) is 28.9 Å². The summed E-state index contributed by atoms with van der Waals surface area (Å²) in [6, 6.07) is 11.1. The molecule has 0 aliphatic heterocycles. The van der Waals surface area contributed by atoms with Crippen molar-refractivity contribution in [3.63, 3.8) is 0 Å². The van der Waals surface area contributed by atoms with Gasteiger partial charge in [0.15, 0.2) is 0 Å². The van der Waals surface area contributed by atoms with Gasteiger partial charge in [0.05, 0.1) is 22.1 Å². The number of nitrogens with two attached hydrogens (primary N) is 1. The Morgan fingerprint density at radius 3 is 2.47 bits per heavy atom. The van der Waals surface area contributed by atoms with Gasteiger partial charge in [-0.05, 0) is 42.8 Å². The van der Waals surface area contributed by atoms with Crippen LogP contribution in [0.4, 0.5) is 17.1 Å². The Bertz CT molecular complexity index is 553. The van der Waals surface area contributed by atoms with Gasteiger partial charge in [0, 0.05) is 5.02 Å². The molecule has 2 nitrogen and oxygen atoms in total. The number of rotatable bonds is 2. The Hall–Kier alpha value is -1.38. The molecule has 0 amide bonds. The van der Waals surface area contributed by atoms with E-state index in [1.807, 2.05) is 25.1 Å². The van der Waals surface area contributed by atoms with Gasteiger partial charge < -0.3 is 11.1 Å². The van der Waals surface area contributed by atoms with Gasteiger partial charge in [-0.15, -0.1) is 0 Å². The van der Waals surface area contributed by atoms with Crippen LogP contribution in [0.25, 0.3) is 0 Å². The van der Waals surface area contributed by atoms with E-state index in [1.54, 1.807) is 18.2 Å². The summed E-state index contributed by atoms with van der Waals surface area (Å²) >= 11 is 12.1. The molecule has 4 heteroatoms. The normalized spacial score (nSPS) is 10.3. The second-order valence-corrected chi connectivity index (χ2v) is 4.68. The molecule has 0 saturated heterocycles. The number of nitrogen functional groups attached to an aromatic ring is 1. The molecule has 0 aliphatic carbocycles. The molecule has 0 spiro atoms. The summed E-state index contributed by atoms with van der Waals surface area (Å²) in [5.74, 6) is 0. The molecule has 0 radical (unpaired) electrons. The number of halogens is 2. The smallest absolute Gasteiger partial charge is 0.0643 e. The molecule has 17 heavy (non-hydrogen) atoms. The van der Waals surface area contributed by atoms with Crippen LogP contribution >= 0.6 is 23.2 Å². The van der Waals surface area contributed by atoms with E-state index < -0.39 is 0 Å². The molecule has 0 atom stereocenters. The first-order chi connectivity index (χ1) is 8.06. The maximum absolute atomic E-state index is 6.14. The van der Waals surface area contributed by atoms with E-state index in [0.717, 1.165) is 16.9 Å². The van der Waals surface area contributed by atoms with Crippen molar-refractivity contribution in [1.29, 1.82) is 0 Å². The minimum absolute atomic E-state index is 0.630. The fourth-order valence-electron chi connectivity index (χ4n) is 1.50. The molecule has 0 heterocycles. The highest BCUT2D eigenvalue weighted by atomic mass is 35.5. The van der Waals surface area contributed by atoms with Crippen molar-refractivity contribution in [1.82, 2.24) is 0 Å². The maximum Gasteiger partial charge on any atom is 0.0643 e. The summed E-state index contributed by atoms with van der Waals surface area (Å²) in [4.78, 5) is 0. The average molecular weight is 267 g/mol. The van der Waals surface area contributed by atoms with Gasteiger partial charge in [-0.1, -0.05) is 29.3 Å². The molecule has 0 aromatic heterocycles. The number of nitrogens with one attached hydrogen (secondary N) is 1. The van der Waals surface area contributed by atoms with Gasteiger partial charge in [0.1, 0.15) is 0 Å². The third-order valence-corrected chi connectivity index (χ3v) is 2.96. The van der Waals surface area contributed by atoms with Crippen molar-refractivity contribution in [3.8, 4) is 0 Å². The first kappa shape index (κ1) is 12.1. The Balaban J connectivity index is 2.34. The SMILES string of the molecule is Cc1ccc(Nc2cc(Cl)ccc2N)c(Cl)c1. The highest BCUT2D eigenvalue weighted by molar-refractivity contribution is 6.33. The number of anilines is 3. The fourth-order valence-corrected chi connectivity index (χ4v) is 1.96. The van der Waals surface area contributed by atoms with Gasteiger partial charge in [0.2, 0.25) is 0 Å². The van der Waals surface area contributed by atoms with Crippen molar-refractivity contribution >= 4 is 40.3 Å². The predicted molar refractivity (Wildman–Crippen MR) is 75.3 cm³/mol. The zero-order chi connectivity index (χ0) is 12.4. The van der Waals surface area contributed by atoms with Crippen LogP contribution in [0.2, 0.25) is 10.0 Å². The van der Waals surface area contributed by atoms with Crippen molar-refractivity contribution in [2.24, 2.45) is 0 Å². The highest BCUT2D eigenvalue weighted by Gasteiger charge is 2.04. The van der Waals surface area contributed by atoms with Crippen LogP contribution in [0.5, 0.6) is 0 Å². The Morgan fingerprint density at radius 1 is 1.00 bits per heavy atom. The van der Waals surface area contributed by atoms with Crippen LogP contribution in [0, 0.1) is 6.92 Å². The molecule has 2 aromatic rings. The van der Waals surface area contributed by atoms with Crippen LogP contribution in [0.1, 0.15) is 5.56 Å². The lowest BCUT2D eigenvalue weighted by atomic mass is 10.2. The minimum Gasteiger partial charge on any atom is -0.397 e. The summed E-state index contributed by atoms with van der Waals surface area (Å²) in [5.41, 5.74) is 9.16. The van der Waals surface area contributed by atoms with Crippen molar-refractivity contribution in [3.05, 3.63) is 52.0 Å². The third kappa shape index (κ3) is 2.84. The molecule has 3 N–H and O–H groups in total. The summed E-state index contributed by atoms with van der Waals surface area (Å²) < 4.78 is 0. The lowest BCUT2D eigenvalue weighted by Crippen LogP contribution is -1.96. The number of aryl methyl sites for hydroxylation is 1. The van der Waals surface area contributed by atoms with Gasteiger partial charge in [-0.2, -0.15) is 0 Å². The molecule has 0 bridgehead atoms. The molecular weight excluding hydrogens is 255 g/mol. The Labute approximate surface area is 110 Å². The highest BCUT2D eigenvalue weighted by Crippen LogP contribution is 2.30. The number of benzene rings is 2. The standard InChI is InChI=1S/C13H12Cl2N2/c1-8-2-5-12(10(15)6-8)17-13-7-9(14)3-4-11(13)16/h2-7,17H,16H2,1H3. The van der Waals surface area contributed by atoms with E-state index in [1.165, 1.54) is 0 Å². The van der Waals surface area contributed by atoms with E-state index in [9.17, 15) is 0 Å². The van der Waals surface area contributed by atoms with Gasteiger partial charge in [-0.25, -0.2) is 0 Å². The molecule has 2 rings (SSSR count). The van der Waals surface area contributed by atoms with Crippen LogP contribution in [0.15, 0.2) is 36.4 Å². The molecule has 0 fully saturated rings. The van der Waals surface area contributed by atoms with Gasteiger partial charge in [0.25, 0.3) is 0 Å².